The van der Waals surface area contributed by atoms with Crippen LogP contribution in [0.15, 0.2) is 76.5 Å². The highest BCUT2D eigenvalue weighted by Crippen LogP contribution is 2.32. The van der Waals surface area contributed by atoms with E-state index in [1.807, 2.05) is 13.0 Å². The van der Waals surface area contributed by atoms with Gasteiger partial charge in [-0.15, -0.1) is 0 Å². The summed E-state index contributed by atoms with van der Waals surface area (Å²) in [6.45, 7) is 3.44. The zero-order valence-electron chi connectivity index (χ0n) is 17.2. The second-order valence-electron chi connectivity index (χ2n) is 7.04. The molecule has 4 N–H and O–H groups in total. The maximum absolute atomic E-state index is 13.3. The third-order valence-electron chi connectivity index (χ3n) is 4.89. The van der Waals surface area contributed by atoms with Crippen molar-refractivity contribution in [3.8, 4) is 0 Å². The maximum Gasteiger partial charge on any atom is 0.248 e. The fraction of sp³-hybridized carbons (Fsp3) is 0.130. The van der Waals surface area contributed by atoms with E-state index in [1.54, 1.807) is 55.5 Å². The first kappa shape index (κ1) is 22.0. The second-order valence-corrected chi connectivity index (χ2v) is 8.93. The molecule has 0 aliphatic rings. The van der Waals surface area contributed by atoms with Crippen LogP contribution in [-0.2, 0) is 14.6 Å². The lowest BCUT2D eigenvalue weighted by molar-refractivity contribution is -0.114. The average Bonchev–Trinajstić information content (AvgIpc) is 2.75. The van der Waals surface area contributed by atoms with Gasteiger partial charge in [-0.25, -0.2) is 8.42 Å². The van der Waals surface area contributed by atoms with E-state index in [0.29, 0.717) is 22.5 Å². The Bertz CT molecular complexity index is 1220. The minimum absolute atomic E-state index is 0.141. The lowest BCUT2D eigenvalue weighted by Gasteiger charge is -2.17. The Labute approximate surface area is 181 Å². The van der Waals surface area contributed by atoms with E-state index in [4.69, 9.17) is 5.73 Å². The van der Waals surface area contributed by atoms with Crippen molar-refractivity contribution in [3.63, 3.8) is 0 Å². The molecule has 2 amide bonds. The van der Waals surface area contributed by atoms with Crippen molar-refractivity contribution in [3.05, 3.63) is 83.4 Å². The lowest BCUT2D eigenvalue weighted by Crippen LogP contribution is -2.23. The molecule has 0 unspecified atom stereocenters. The molecule has 0 saturated carbocycles. The van der Waals surface area contributed by atoms with E-state index < -0.39 is 15.7 Å². The number of carbonyl (C=O) groups is 2. The molecule has 0 bridgehead atoms. The summed E-state index contributed by atoms with van der Waals surface area (Å²) in [6, 6.07) is 17.8. The number of primary amides is 1. The Morgan fingerprint density at radius 2 is 1.55 bits per heavy atom. The molecule has 0 heterocycles. The molecular weight excluding hydrogens is 414 g/mol. The smallest absolute Gasteiger partial charge is 0.248 e. The molecule has 0 atom stereocenters. The first-order valence-electron chi connectivity index (χ1n) is 9.54. The monoisotopic (exact) mass is 437 g/mol. The van der Waals surface area contributed by atoms with Gasteiger partial charge in [-0.05, 0) is 67.4 Å². The van der Waals surface area contributed by atoms with Crippen molar-refractivity contribution < 1.29 is 18.0 Å². The van der Waals surface area contributed by atoms with Gasteiger partial charge in [0.15, 0.2) is 0 Å². The summed E-state index contributed by atoms with van der Waals surface area (Å²) in [6.07, 6.45) is 0. The van der Waals surface area contributed by atoms with Gasteiger partial charge >= 0.3 is 0 Å². The summed E-state index contributed by atoms with van der Waals surface area (Å²) in [5, 5.41) is 5.63. The predicted octanol–water partition coefficient (Wildman–Crippen LogP) is 3.29. The van der Waals surface area contributed by atoms with Crippen molar-refractivity contribution in [2.45, 2.75) is 23.6 Å². The standard InChI is InChI=1S/C23H23N3O4S/c1-15-8-13-20(22(16(15)2)31(29,30)19-6-4-3-5-7-19)25-14-21(27)26-18-11-9-17(10-12-18)23(24)28/h3-13,25H,14H2,1-2H3,(H2,24,28)(H,26,27). The topological polar surface area (TPSA) is 118 Å². The maximum atomic E-state index is 13.3. The zero-order valence-corrected chi connectivity index (χ0v) is 18.0. The first-order chi connectivity index (χ1) is 14.7. The van der Waals surface area contributed by atoms with E-state index in [-0.39, 0.29) is 22.2 Å². The van der Waals surface area contributed by atoms with Crippen LogP contribution < -0.4 is 16.4 Å². The minimum Gasteiger partial charge on any atom is -0.375 e. The fourth-order valence-electron chi connectivity index (χ4n) is 3.09. The predicted molar refractivity (Wildman–Crippen MR) is 120 cm³/mol. The van der Waals surface area contributed by atoms with Crippen LogP contribution in [0.4, 0.5) is 11.4 Å². The van der Waals surface area contributed by atoms with Crippen molar-refractivity contribution >= 4 is 33.0 Å². The SMILES string of the molecule is Cc1ccc(NCC(=O)Nc2ccc(C(N)=O)cc2)c(S(=O)(=O)c2ccccc2)c1C. The van der Waals surface area contributed by atoms with Gasteiger partial charge in [0.05, 0.1) is 22.0 Å². The number of nitrogens with one attached hydrogen (secondary N) is 2. The van der Waals surface area contributed by atoms with Crippen LogP contribution >= 0.6 is 0 Å². The molecule has 0 saturated heterocycles. The van der Waals surface area contributed by atoms with Crippen LogP contribution in [0.25, 0.3) is 0 Å². The van der Waals surface area contributed by atoms with Gasteiger partial charge in [0.25, 0.3) is 0 Å². The van der Waals surface area contributed by atoms with Crippen molar-refractivity contribution in [1.82, 2.24) is 0 Å². The lowest BCUT2D eigenvalue weighted by atomic mass is 10.1. The number of anilines is 2. The number of amides is 2. The van der Waals surface area contributed by atoms with Gasteiger partial charge in [-0.1, -0.05) is 24.3 Å². The van der Waals surface area contributed by atoms with Crippen LogP contribution in [0.5, 0.6) is 0 Å². The van der Waals surface area contributed by atoms with Gasteiger partial charge in [-0.2, -0.15) is 0 Å². The highest BCUT2D eigenvalue weighted by molar-refractivity contribution is 7.91. The van der Waals surface area contributed by atoms with E-state index in [9.17, 15) is 18.0 Å². The normalized spacial score (nSPS) is 11.0. The molecule has 0 aliphatic heterocycles. The Kier molecular flexibility index (Phi) is 6.41. The summed E-state index contributed by atoms with van der Waals surface area (Å²) < 4.78 is 26.5. The molecule has 7 nitrogen and oxygen atoms in total. The zero-order chi connectivity index (χ0) is 22.6. The Hall–Kier alpha value is -3.65. The Morgan fingerprint density at radius 1 is 0.903 bits per heavy atom. The van der Waals surface area contributed by atoms with Crippen molar-refractivity contribution in [2.75, 3.05) is 17.2 Å². The number of hydrogen-bond donors (Lipinski definition) is 3. The van der Waals surface area contributed by atoms with Crippen LogP contribution in [-0.4, -0.2) is 26.8 Å². The molecule has 3 aromatic carbocycles. The second kappa shape index (κ2) is 9.01. The molecule has 8 heteroatoms. The number of rotatable bonds is 7. The van der Waals surface area contributed by atoms with E-state index in [1.165, 1.54) is 12.1 Å². The molecular formula is C23H23N3O4S. The Balaban J connectivity index is 1.81. The number of benzene rings is 3. The number of hydrogen-bond acceptors (Lipinski definition) is 5. The molecule has 0 spiro atoms. The molecule has 3 aromatic rings. The summed E-state index contributed by atoms with van der Waals surface area (Å²) in [4.78, 5) is 23.8. The highest BCUT2D eigenvalue weighted by Gasteiger charge is 2.24. The first-order valence-corrected chi connectivity index (χ1v) is 11.0. The summed E-state index contributed by atoms with van der Waals surface area (Å²) >= 11 is 0. The molecule has 0 aliphatic carbocycles. The minimum atomic E-state index is -3.78. The fourth-order valence-corrected chi connectivity index (χ4v) is 4.84. The molecule has 0 radical (unpaired) electrons. The van der Waals surface area contributed by atoms with Gasteiger partial charge in [0, 0.05) is 11.3 Å². The third-order valence-corrected chi connectivity index (χ3v) is 6.85. The van der Waals surface area contributed by atoms with Crippen molar-refractivity contribution in [1.29, 1.82) is 0 Å². The van der Waals surface area contributed by atoms with E-state index in [0.717, 1.165) is 5.56 Å². The molecule has 31 heavy (non-hydrogen) atoms. The van der Waals surface area contributed by atoms with E-state index in [2.05, 4.69) is 10.6 Å². The van der Waals surface area contributed by atoms with Crippen molar-refractivity contribution in [2.24, 2.45) is 5.73 Å². The number of sulfone groups is 1. The number of aryl methyl sites for hydroxylation is 1. The quantitative estimate of drug-likeness (QED) is 0.524. The highest BCUT2D eigenvalue weighted by atomic mass is 32.2. The van der Waals surface area contributed by atoms with Gasteiger partial charge in [0.2, 0.25) is 21.7 Å². The van der Waals surface area contributed by atoms with Gasteiger partial charge in [0.1, 0.15) is 0 Å². The van der Waals surface area contributed by atoms with Crippen LogP contribution in [0.1, 0.15) is 21.5 Å². The van der Waals surface area contributed by atoms with Crippen LogP contribution in [0, 0.1) is 13.8 Å². The molecule has 160 valence electrons. The largest absolute Gasteiger partial charge is 0.375 e. The molecule has 0 aromatic heterocycles. The van der Waals surface area contributed by atoms with Gasteiger partial charge < -0.3 is 16.4 Å². The van der Waals surface area contributed by atoms with Crippen LogP contribution in [0.2, 0.25) is 0 Å². The average molecular weight is 438 g/mol. The number of carbonyl (C=O) groups excluding carboxylic acids is 2. The summed E-state index contributed by atoms with van der Waals surface area (Å²) in [5.74, 6) is -0.922. The number of nitrogens with two attached hydrogens (primary N) is 1. The molecule has 0 fully saturated rings. The van der Waals surface area contributed by atoms with Gasteiger partial charge in [-0.3, -0.25) is 9.59 Å². The Morgan fingerprint density at radius 3 is 2.16 bits per heavy atom. The molecule has 3 rings (SSSR count). The van der Waals surface area contributed by atoms with Crippen LogP contribution in [0.3, 0.4) is 0 Å². The third kappa shape index (κ3) is 4.92. The summed E-state index contributed by atoms with van der Waals surface area (Å²) in [7, 11) is -3.78. The van der Waals surface area contributed by atoms with E-state index >= 15 is 0 Å². The summed E-state index contributed by atoms with van der Waals surface area (Å²) in [5.41, 5.74) is 7.84.